The highest BCUT2D eigenvalue weighted by Crippen LogP contribution is 2.37. The number of ether oxygens (including phenoxy) is 1. The lowest BCUT2D eigenvalue weighted by molar-refractivity contribution is 0.0963. The predicted octanol–water partition coefficient (Wildman–Crippen LogP) is 7.00. The summed E-state index contributed by atoms with van der Waals surface area (Å²) in [5, 5.41) is 7.15. The molecule has 0 bridgehead atoms. The first-order valence-electron chi connectivity index (χ1n) is 10.2. The highest BCUT2D eigenvalue weighted by Gasteiger charge is 2.16. The molecule has 5 nitrogen and oxygen atoms in total. The minimum atomic E-state index is -0.825. The van der Waals surface area contributed by atoms with Gasteiger partial charge in [-0.15, -0.1) is 0 Å². The van der Waals surface area contributed by atoms with Crippen molar-refractivity contribution in [3.05, 3.63) is 100 Å². The van der Waals surface area contributed by atoms with Crippen LogP contribution in [0.4, 0.5) is 14.9 Å². The number of nitrogens with one attached hydrogen (secondary N) is 2. The lowest BCUT2D eigenvalue weighted by Gasteiger charge is -2.16. The van der Waals surface area contributed by atoms with Crippen LogP contribution in [0.2, 0.25) is 5.02 Å². The van der Waals surface area contributed by atoms with Crippen LogP contribution in [0.5, 0.6) is 11.5 Å². The van der Waals surface area contributed by atoms with E-state index in [4.69, 9.17) is 16.3 Å². The van der Waals surface area contributed by atoms with E-state index in [0.29, 0.717) is 22.2 Å². The van der Waals surface area contributed by atoms with Crippen molar-refractivity contribution in [1.82, 2.24) is 5.32 Å². The molecule has 0 aliphatic rings. The number of benzene rings is 4. The van der Waals surface area contributed by atoms with Gasteiger partial charge in [0.25, 0.3) is 5.91 Å². The Hall–Kier alpha value is -3.90. The maximum absolute atomic E-state index is 13.8. The number of halogens is 2. The van der Waals surface area contributed by atoms with Crippen molar-refractivity contribution in [2.75, 3.05) is 5.32 Å². The van der Waals surface area contributed by atoms with Gasteiger partial charge in [0.05, 0.1) is 5.56 Å². The monoisotopic (exact) mass is 462 g/mol. The number of anilines is 1. The minimum Gasteiger partial charge on any atom is -0.456 e. The molecule has 0 unspecified atom stereocenters. The van der Waals surface area contributed by atoms with Crippen LogP contribution in [-0.2, 0) is 0 Å². The van der Waals surface area contributed by atoms with Crippen molar-refractivity contribution in [3.8, 4) is 11.5 Å². The Morgan fingerprint density at radius 3 is 2.21 bits per heavy atom. The molecule has 3 amide bonds. The molecule has 0 aromatic heterocycles. The Morgan fingerprint density at radius 1 is 0.879 bits per heavy atom. The third-order valence-corrected chi connectivity index (χ3v) is 5.44. The highest BCUT2D eigenvalue weighted by molar-refractivity contribution is 6.35. The molecular formula is C26H20ClFN2O3. The van der Waals surface area contributed by atoms with Crippen LogP contribution in [0, 0.1) is 19.7 Å². The molecule has 0 saturated heterocycles. The van der Waals surface area contributed by atoms with Crippen molar-refractivity contribution in [2.45, 2.75) is 13.8 Å². The highest BCUT2D eigenvalue weighted by atomic mass is 35.5. The molecule has 0 heterocycles. The number of carbonyl (C=O) groups is 2. The lowest BCUT2D eigenvalue weighted by atomic mass is 10.1. The van der Waals surface area contributed by atoms with E-state index < -0.39 is 17.8 Å². The van der Waals surface area contributed by atoms with Gasteiger partial charge in [0.1, 0.15) is 17.3 Å². The molecular weight excluding hydrogens is 443 g/mol. The first kappa shape index (κ1) is 22.3. The second kappa shape index (κ2) is 9.30. The largest absolute Gasteiger partial charge is 0.456 e. The van der Waals surface area contributed by atoms with Gasteiger partial charge in [-0.05, 0) is 61.4 Å². The smallest absolute Gasteiger partial charge is 0.326 e. The summed E-state index contributed by atoms with van der Waals surface area (Å²) in [6, 6.07) is 19.4. The van der Waals surface area contributed by atoms with Gasteiger partial charge < -0.3 is 10.1 Å². The molecule has 0 radical (unpaired) electrons. The number of hydrogen-bond acceptors (Lipinski definition) is 3. The topological polar surface area (TPSA) is 67.4 Å². The first-order chi connectivity index (χ1) is 15.8. The second-order valence-electron chi connectivity index (χ2n) is 7.52. The van der Waals surface area contributed by atoms with E-state index in [-0.39, 0.29) is 5.56 Å². The average molecular weight is 463 g/mol. The fourth-order valence-corrected chi connectivity index (χ4v) is 3.82. The number of carbonyl (C=O) groups excluding carboxylic acids is 2. The predicted molar refractivity (Wildman–Crippen MR) is 128 cm³/mol. The first-order valence-corrected chi connectivity index (χ1v) is 10.5. The zero-order valence-corrected chi connectivity index (χ0v) is 18.7. The van der Waals surface area contributed by atoms with E-state index in [1.54, 1.807) is 18.2 Å². The van der Waals surface area contributed by atoms with E-state index in [1.165, 1.54) is 18.2 Å². The molecule has 0 fully saturated rings. The third kappa shape index (κ3) is 4.81. The quantitative estimate of drug-likeness (QED) is 0.343. The second-order valence-corrected chi connectivity index (χ2v) is 7.93. The van der Waals surface area contributed by atoms with Crippen molar-refractivity contribution >= 4 is 40.0 Å². The molecule has 4 rings (SSSR count). The van der Waals surface area contributed by atoms with Gasteiger partial charge in [-0.3, -0.25) is 10.1 Å². The summed E-state index contributed by atoms with van der Waals surface area (Å²) in [6.07, 6.45) is 0. The van der Waals surface area contributed by atoms with Gasteiger partial charge in [0, 0.05) is 21.5 Å². The maximum atomic E-state index is 13.8. The maximum Gasteiger partial charge on any atom is 0.326 e. The SMILES string of the molecule is Cc1cc(NC(=O)NC(=O)c2ccccc2F)cc(C)c1Oc1ccc(Cl)c2ccccc12. The van der Waals surface area contributed by atoms with E-state index in [0.717, 1.165) is 28.0 Å². The van der Waals surface area contributed by atoms with Gasteiger partial charge in [-0.1, -0.05) is 48.0 Å². The Bertz CT molecular complexity index is 1360. The van der Waals surface area contributed by atoms with Crippen molar-refractivity contribution in [2.24, 2.45) is 0 Å². The molecule has 33 heavy (non-hydrogen) atoms. The Morgan fingerprint density at radius 2 is 1.52 bits per heavy atom. The minimum absolute atomic E-state index is 0.209. The summed E-state index contributed by atoms with van der Waals surface area (Å²) < 4.78 is 20.0. The zero-order valence-electron chi connectivity index (χ0n) is 17.9. The summed E-state index contributed by atoms with van der Waals surface area (Å²) in [6.45, 7) is 3.71. The molecule has 0 aliphatic carbocycles. The number of rotatable bonds is 4. The Balaban J connectivity index is 1.52. The Labute approximate surface area is 195 Å². The summed E-state index contributed by atoms with van der Waals surface area (Å²) in [5.74, 6) is -0.217. The van der Waals surface area contributed by atoms with Crippen molar-refractivity contribution < 1.29 is 18.7 Å². The van der Waals surface area contributed by atoms with E-state index in [9.17, 15) is 14.0 Å². The molecule has 0 atom stereocenters. The lowest BCUT2D eigenvalue weighted by Crippen LogP contribution is -2.34. The summed E-state index contributed by atoms with van der Waals surface area (Å²) >= 11 is 6.30. The number of aryl methyl sites for hydroxylation is 2. The third-order valence-electron chi connectivity index (χ3n) is 5.11. The summed E-state index contributed by atoms with van der Waals surface area (Å²) in [4.78, 5) is 24.4. The normalized spacial score (nSPS) is 10.7. The fraction of sp³-hybridized carbons (Fsp3) is 0.0769. The molecule has 0 aliphatic heterocycles. The van der Waals surface area contributed by atoms with Crippen LogP contribution in [0.25, 0.3) is 10.8 Å². The number of hydrogen-bond donors (Lipinski definition) is 2. The summed E-state index contributed by atoms with van der Waals surface area (Å²) in [7, 11) is 0. The van der Waals surface area contributed by atoms with Gasteiger partial charge in [0.15, 0.2) is 0 Å². The van der Waals surface area contributed by atoms with Gasteiger partial charge in [-0.25, -0.2) is 9.18 Å². The van der Waals surface area contributed by atoms with Gasteiger partial charge in [0.2, 0.25) is 0 Å². The van der Waals surface area contributed by atoms with Crippen molar-refractivity contribution in [1.29, 1.82) is 0 Å². The van der Waals surface area contributed by atoms with E-state index >= 15 is 0 Å². The zero-order chi connectivity index (χ0) is 23.5. The number of amides is 3. The summed E-state index contributed by atoms with van der Waals surface area (Å²) in [5.41, 5.74) is 1.82. The number of fused-ring (bicyclic) bond motifs is 1. The van der Waals surface area contributed by atoms with Crippen LogP contribution in [0.15, 0.2) is 72.8 Å². The number of urea groups is 1. The standard InChI is InChI=1S/C26H20ClFN2O3/c1-15-13-17(29-26(32)30-25(31)20-9-5-6-10-22(20)28)14-16(2)24(15)33-23-12-11-21(27)18-7-3-4-8-19(18)23/h3-14H,1-2H3,(H2,29,30,31,32). The van der Waals surface area contributed by atoms with Gasteiger partial charge >= 0.3 is 6.03 Å². The molecule has 0 spiro atoms. The number of imide groups is 1. The average Bonchev–Trinajstić information content (AvgIpc) is 2.78. The van der Waals surface area contributed by atoms with E-state index in [1.807, 2.05) is 44.2 Å². The van der Waals surface area contributed by atoms with Crippen LogP contribution >= 0.6 is 11.6 Å². The van der Waals surface area contributed by atoms with Crippen LogP contribution in [0.3, 0.4) is 0 Å². The molecule has 7 heteroatoms. The molecule has 4 aromatic rings. The molecule has 166 valence electrons. The van der Waals surface area contributed by atoms with Crippen LogP contribution in [-0.4, -0.2) is 11.9 Å². The van der Waals surface area contributed by atoms with Crippen LogP contribution < -0.4 is 15.4 Å². The molecule has 0 saturated carbocycles. The fourth-order valence-electron chi connectivity index (χ4n) is 3.60. The van der Waals surface area contributed by atoms with E-state index in [2.05, 4.69) is 10.6 Å². The van der Waals surface area contributed by atoms with Gasteiger partial charge in [-0.2, -0.15) is 0 Å². The molecule has 4 aromatic carbocycles. The van der Waals surface area contributed by atoms with Crippen molar-refractivity contribution in [3.63, 3.8) is 0 Å². The Kier molecular flexibility index (Phi) is 6.29. The van der Waals surface area contributed by atoms with Crippen LogP contribution in [0.1, 0.15) is 21.5 Å². The molecule has 2 N–H and O–H groups in total.